The predicted molar refractivity (Wildman–Crippen MR) is 96.2 cm³/mol. The highest BCUT2D eigenvalue weighted by Crippen LogP contribution is 2.34. The summed E-state index contributed by atoms with van der Waals surface area (Å²) in [4.78, 5) is 17.5. The van der Waals surface area contributed by atoms with E-state index in [1.165, 1.54) is 0 Å². The summed E-state index contributed by atoms with van der Waals surface area (Å²) in [5.41, 5.74) is 1.28. The van der Waals surface area contributed by atoms with E-state index in [9.17, 15) is 4.79 Å². The molecule has 1 aliphatic rings. The van der Waals surface area contributed by atoms with Crippen LogP contribution in [0.1, 0.15) is 36.2 Å². The van der Waals surface area contributed by atoms with Gasteiger partial charge in [-0.25, -0.2) is 4.99 Å². The Labute approximate surface area is 147 Å². The largest absolute Gasteiger partial charge is 0.497 e. The van der Waals surface area contributed by atoms with Crippen LogP contribution in [0.3, 0.4) is 0 Å². The average Bonchev–Trinajstić information content (AvgIpc) is 2.60. The number of nitrogens with zero attached hydrogens (tertiary/aromatic N) is 1. The molecule has 2 aromatic rings. The first kappa shape index (κ1) is 17.0. The highest BCUT2D eigenvalue weighted by molar-refractivity contribution is 6.18. The molecule has 3 rings (SSSR count). The number of carbonyl (C=O) groups excluding carboxylic acids is 1. The molecule has 25 heavy (non-hydrogen) atoms. The number of hydrogen-bond donors (Lipinski definition) is 0. The summed E-state index contributed by atoms with van der Waals surface area (Å²) in [5, 5.41) is 0. The Balaban J connectivity index is 1.98. The summed E-state index contributed by atoms with van der Waals surface area (Å²) in [6.07, 6.45) is 0.160. The first-order valence-corrected chi connectivity index (χ1v) is 8.06. The second-order valence-electron chi connectivity index (χ2n) is 6.27. The van der Waals surface area contributed by atoms with E-state index in [1.54, 1.807) is 26.4 Å². The molecular weight excluding hydrogens is 318 g/mol. The molecular formula is C20H21NO4. The van der Waals surface area contributed by atoms with Gasteiger partial charge in [-0.15, -0.1) is 0 Å². The second kappa shape index (κ2) is 6.59. The molecule has 0 aromatic heterocycles. The zero-order valence-electron chi connectivity index (χ0n) is 14.8. The van der Waals surface area contributed by atoms with Crippen molar-refractivity contribution in [1.82, 2.24) is 0 Å². The van der Waals surface area contributed by atoms with Crippen LogP contribution >= 0.6 is 0 Å². The van der Waals surface area contributed by atoms with Crippen molar-refractivity contribution in [2.24, 2.45) is 4.99 Å². The van der Waals surface area contributed by atoms with Gasteiger partial charge in [0, 0.05) is 5.56 Å². The smallest absolute Gasteiger partial charge is 0.194 e. The van der Waals surface area contributed by atoms with Gasteiger partial charge < -0.3 is 14.2 Å². The predicted octanol–water partition coefficient (Wildman–Crippen LogP) is 3.89. The average molecular weight is 339 g/mol. The van der Waals surface area contributed by atoms with Crippen LogP contribution in [0.4, 0.5) is 0 Å². The molecule has 5 heteroatoms. The Hall–Kier alpha value is -2.82. The van der Waals surface area contributed by atoms with Gasteiger partial charge in [-0.2, -0.15) is 0 Å². The van der Waals surface area contributed by atoms with Gasteiger partial charge in [-0.3, -0.25) is 4.79 Å². The molecule has 0 spiro atoms. The first-order chi connectivity index (χ1) is 11.9. The Morgan fingerprint density at radius 2 is 1.88 bits per heavy atom. The Bertz CT molecular complexity index is 839. The zero-order chi connectivity index (χ0) is 18.0. The maximum atomic E-state index is 12.8. The zero-order valence-corrected chi connectivity index (χ0v) is 14.8. The SMILES string of the molecule is COc1ccc2c(c1)C(CC(=O)c1ccccc1OC)=NC(C)(C)O2. The molecule has 0 atom stereocenters. The van der Waals surface area contributed by atoms with Gasteiger partial charge in [0.05, 0.1) is 31.9 Å². The molecule has 0 fully saturated rings. The molecule has 0 saturated carbocycles. The van der Waals surface area contributed by atoms with Crippen molar-refractivity contribution in [2.45, 2.75) is 26.0 Å². The van der Waals surface area contributed by atoms with Crippen molar-refractivity contribution in [1.29, 1.82) is 0 Å². The van der Waals surface area contributed by atoms with Crippen LogP contribution in [-0.4, -0.2) is 31.4 Å². The molecule has 0 N–H and O–H groups in total. The first-order valence-electron chi connectivity index (χ1n) is 8.06. The van der Waals surface area contributed by atoms with Crippen molar-refractivity contribution >= 4 is 11.5 Å². The standard InChI is InChI=1S/C20H21NO4/c1-20(2)21-16(15-11-13(23-3)9-10-19(15)25-20)12-17(22)14-7-5-6-8-18(14)24-4/h5-11H,12H2,1-4H3. The summed E-state index contributed by atoms with van der Waals surface area (Å²) >= 11 is 0. The van der Waals surface area contributed by atoms with Gasteiger partial charge in [0.15, 0.2) is 11.5 Å². The minimum absolute atomic E-state index is 0.0531. The van der Waals surface area contributed by atoms with Crippen LogP contribution in [0, 0.1) is 0 Å². The number of benzene rings is 2. The highest BCUT2D eigenvalue weighted by Gasteiger charge is 2.29. The number of para-hydroxylation sites is 1. The molecule has 0 radical (unpaired) electrons. The van der Waals surface area contributed by atoms with Crippen LogP contribution in [0.15, 0.2) is 47.5 Å². The molecule has 0 saturated heterocycles. The fraction of sp³-hybridized carbons (Fsp3) is 0.300. The third-order valence-electron chi connectivity index (χ3n) is 4.00. The summed E-state index contributed by atoms with van der Waals surface area (Å²) in [6, 6.07) is 12.7. The molecule has 0 amide bonds. The Morgan fingerprint density at radius 1 is 1.12 bits per heavy atom. The molecule has 1 heterocycles. The number of aliphatic imine (C=N–C) groups is 1. The molecule has 0 bridgehead atoms. The van der Waals surface area contributed by atoms with Gasteiger partial charge in [-0.05, 0) is 44.2 Å². The van der Waals surface area contributed by atoms with Crippen LogP contribution in [0.25, 0.3) is 0 Å². The summed E-state index contributed by atoms with van der Waals surface area (Å²) in [7, 11) is 3.16. The van der Waals surface area contributed by atoms with Crippen molar-refractivity contribution < 1.29 is 19.0 Å². The van der Waals surface area contributed by atoms with Crippen molar-refractivity contribution in [3.8, 4) is 17.2 Å². The van der Waals surface area contributed by atoms with Gasteiger partial charge in [-0.1, -0.05) is 12.1 Å². The number of ketones is 1. The Morgan fingerprint density at radius 3 is 2.60 bits per heavy atom. The lowest BCUT2D eigenvalue weighted by Gasteiger charge is -2.30. The van der Waals surface area contributed by atoms with E-state index < -0.39 is 5.72 Å². The number of ether oxygens (including phenoxy) is 3. The highest BCUT2D eigenvalue weighted by atomic mass is 16.5. The van der Waals surface area contributed by atoms with Gasteiger partial charge >= 0.3 is 0 Å². The van der Waals surface area contributed by atoms with Crippen LogP contribution in [0.5, 0.6) is 17.2 Å². The molecule has 0 unspecified atom stereocenters. The lowest BCUT2D eigenvalue weighted by atomic mass is 9.97. The number of rotatable bonds is 5. The summed E-state index contributed by atoms with van der Waals surface area (Å²) in [5.74, 6) is 1.90. The van der Waals surface area contributed by atoms with Crippen LogP contribution in [0.2, 0.25) is 0 Å². The van der Waals surface area contributed by atoms with Gasteiger partial charge in [0.2, 0.25) is 0 Å². The number of hydrogen-bond acceptors (Lipinski definition) is 5. The van der Waals surface area contributed by atoms with Gasteiger partial charge in [0.25, 0.3) is 0 Å². The number of carbonyl (C=O) groups is 1. The summed E-state index contributed by atoms with van der Waals surface area (Å²) in [6.45, 7) is 3.74. The fourth-order valence-corrected chi connectivity index (χ4v) is 2.88. The quantitative estimate of drug-likeness (QED) is 0.775. The number of methoxy groups -OCH3 is 2. The van der Waals surface area contributed by atoms with Crippen molar-refractivity contribution in [3.05, 3.63) is 53.6 Å². The fourth-order valence-electron chi connectivity index (χ4n) is 2.88. The minimum atomic E-state index is -0.724. The molecule has 2 aromatic carbocycles. The normalized spacial score (nSPS) is 14.8. The molecule has 1 aliphatic heterocycles. The molecule has 5 nitrogen and oxygen atoms in total. The second-order valence-corrected chi connectivity index (χ2v) is 6.27. The van der Waals surface area contributed by atoms with E-state index in [0.717, 1.165) is 5.56 Å². The minimum Gasteiger partial charge on any atom is -0.497 e. The maximum absolute atomic E-state index is 12.8. The molecule has 130 valence electrons. The maximum Gasteiger partial charge on any atom is 0.194 e. The lowest BCUT2D eigenvalue weighted by molar-refractivity contribution is 0.0991. The van der Waals surface area contributed by atoms with E-state index in [0.29, 0.717) is 28.5 Å². The lowest BCUT2D eigenvalue weighted by Crippen LogP contribution is -2.32. The third-order valence-corrected chi connectivity index (χ3v) is 4.00. The van der Waals surface area contributed by atoms with Gasteiger partial charge in [0.1, 0.15) is 17.2 Å². The third kappa shape index (κ3) is 3.50. The Kier molecular flexibility index (Phi) is 4.49. The van der Waals surface area contributed by atoms with E-state index in [4.69, 9.17) is 14.2 Å². The van der Waals surface area contributed by atoms with E-state index in [-0.39, 0.29) is 12.2 Å². The number of fused-ring (bicyclic) bond motifs is 1. The van der Waals surface area contributed by atoms with E-state index >= 15 is 0 Å². The number of Topliss-reactive ketones (excluding diaryl/α,β-unsaturated/α-hetero) is 1. The molecule has 0 aliphatic carbocycles. The van der Waals surface area contributed by atoms with Crippen LogP contribution in [-0.2, 0) is 0 Å². The van der Waals surface area contributed by atoms with E-state index in [2.05, 4.69) is 4.99 Å². The van der Waals surface area contributed by atoms with Crippen LogP contribution < -0.4 is 14.2 Å². The van der Waals surface area contributed by atoms with Crippen molar-refractivity contribution in [3.63, 3.8) is 0 Å². The monoisotopic (exact) mass is 339 g/mol. The topological polar surface area (TPSA) is 57.1 Å². The van der Waals surface area contributed by atoms with Crippen molar-refractivity contribution in [2.75, 3.05) is 14.2 Å². The summed E-state index contributed by atoms with van der Waals surface area (Å²) < 4.78 is 16.5. The van der Waals surface area contributed by atoms with E-state index in [1.807, 2.05) is 44.2 Å².